The zero-order valence-corrected chi connectivity index (χ0v) is 21.0. The Morgan fingerprint density at radius 1 is 0.833 bits per heavy atom. The van der Waals surface area contributed by atoms with Crippen LogP contribution in [0.15, 0.2) is 73.4 Å². The molecule has 1 aromatic heterocycles. The molecule has 184 valence electrons. The van der Waals surface area contributed by atoms with Gasteiger partial charge in [-0.05, 0) is 42.5 Å². The summed E-state index contributed by atoms with van der Waals surface area (Å²) in [5, 5.41) is 0.751. The largest absolute Gasteiger partial charge is 0.493 e. The third kappa shape index (κ3) is 4.31. The van der Waals surface area contributed by atoms with Crippen molar-refractivity contribution in [3.8, 4) is 17.2 Å². The van der Waals surface area contributed by atoms with Gasteiger partial charge in [-0.1, -0.05) is 24.8 Å². The number of benzene rings is 3. The van der Waals surface area contributed by atoms with E-state index in [0.29, 0.717) is 39.5 Å². The standard InChI is InChI=1S/C29H28N2O5/c1-18(27(32)20-15-25(34-4)28(36-6)26(16-20)35-5)23-17-31(24-10-8-7-9-22(23)24)29(33)19-11-13-21(14-12-19)30(2)3/h7-17H,1H2,2-6H3. The lowest BCUT2D eigenvalue weighted by molar-refractivity contribution is 0.0963. The predicted molar refractivity (Wildman–Crippen MR) is 142 cm³/mol. The van der Waals surface area contributed by atoms with Crippen LogP contribution in [0.5, 0.6) is 17.2 Å². The molecule has 4 rings (SSSR count). The molecule has 0 bridgehead atoms. The number of ether oxygens (including phenoxy) is 3. The average Bonchev–Trinajstić information content (AvgIpc) is 3.30. The van der Waals surface area contributed by atoms with Gasteiger partial charge in [0.1, 0.15) is 0 Å². The number of Topliss-reactive ketones (excluding diaryl/α,β-unsaturated/α-hetero) is 1. The summed E-state index contributed by atoms with van der Waals surface area (Å²) >= 11 is 0. The van der Waals surface area contributed by atoms with E-state index in [1.807, 2.05) is 55.4 Å². The number of carbonyl (C=O) groups excluding carboxylic acids is 2. The van der Waals surface area contributed by atoms with Gasteiger partial charge in [-0.3, -0.25) is 14.2 Å². The number of carbonyl (C=O) groups is 2. The van der Waals surface area contributed by atoms with Crippen LogP contribution in [-0.4, -0.2) is 51.7 Å². The molecule has 0 aliphatic carbocycles. The van der Waals surface area contributed by atoms with E-state index in [4.69, 9.17) is 14.2 Å². The molecule has 1 heterocycles. The second kappa shape index (κ2) is 10.00. The van der Waals surface area contributed by atoms with Crippen molar-refractivity contribution in [3.05, 3.63) is 90.1 Å². The number of methoxy groups -OCH3 is 3. The summed E-state index contributed by atoms with van der Waals surface area (Å²) in [7, 11) is 8.37. The minimum Gasteiger partial charge on any atom is -0.493 e. The minimum atomic E-state index is -0.319. The lowest BCUT2D eigenvalue weighted by atomic mass is 9.97. The third-order valence-corrected chi connectivity index (χ3v) is 6.09. The van der Waals surface area contributed by atoms with Gasteiger partial charge in [0.15, 0.2) is 17.3 Å². The van der Waals surface area contributed by atoms with Gasteiger partial charge in [0.2, 0.25) is 5.75 Å². The highest BCUT2D eigenvalue weighted by Crippen LogP contribution is 2.39. The average molecular weight is 485 g/mol. The monoisotopic (exact) mass is 484 g/mol. The number of aromatic nitrogens is 1. The maximum Gasteiger partial charge on any atom is 0.262 e. The topological polar surface area (TPSA) is 70.0 Å². The van der Waals surface area contributed by atoms with Gasteiger partial charge in [0.25, 0.3) is 5.91 Å². The van der Waals surface area contributed by atoms with Crippen LogP contribution in [0.25, 0.3) is 16.5 Å². The van der Waals surface area contributed by atoms with E-state index in [1.54, 1.807) is 35.0 Å². The molecule has 0 aliphatic rings. The van der Waals surface area contributed by atoms with E-state index >= 15 is 0 Å². The molecule has 3 aromatic carbocycles. The third-order valence-electron chi connectivity index (χ3n) is 6.09. The van der Waals surface area contributed by atoms with Crippen LogP contribution in [0.4, 0.5) is 5.69 Å². The van der Waals surface area contributed by atoms with Crippen LogP contribution in [0, 0.1) is 0 Å². The van der Waals surface area contributed by atoms with E-state index in [9.17, 15) is 9.59 Å². The first kappa shape index (κ1) is 24.6. The Balaban J connectivity index is 1.76. The summed E-state index contributed by atoms with van der Waals surface area (Å²) in [4.78, 5) is 28.9. The zero-order valence-electron chi connectivity index (χ0n) is 21.0. The fourth-order valence-electron chi connectivity index (χ4n) is 4.14. The first-order valence-corrected chi connectivity index (χ1v) is 11.3. The van der Waals surface area contributed by atoms with Crippen molar-refractivity contribution in [1.29, 1.82) is 0 Å². The smallest absolute Gasteiger partial charge is 0.262 e. The molecule has 0 atom stereocenters. The molecule has 0 amide bonds. The summed E-state index contributed by atoms with van der Waals surface area (Å²) in [5.74, 6) is 0.610. The summed E-state index contributed by atoms with van der Waals surface area (Å²) in [6.07, 6.45) is 1.67. The lowest BCUT2D eigenvalue weighted by Gasteiger charge is -2.14. The molecule has 0 fully saturated rings. The van der Waals surface area contributed by atoms with Crippen molar-refractivity contribution in [3.63, 3.8) is 0 Å². The summed E-state index contributed by atoms with van der Waals surface area (Å²) in [6.45, 7) is 4.09. The van der Waals surface area contributed by atoms with Crippen LogP contribution >= 0.6 is 0 Å². The molecule has 0 aliphatic heterocycles. The molecule has 7 nitrogen and oxygen atoms in total. The number of nitrogens with zero attached hydrogens (tertiary/aromatic N) is 2. The molecule has 0 radical (unpaired) electrons. The Morgan fingerprint density at radius 2 is 1.44 bits per heavy atom. The van der Waals surface area contributed by atoms with Crippen molar-refractivity contribution >= 4 is 33.9 Å². The molecule has 7 heteroatoms. The predicted octanol–water partition coefficient (Wildman–Crippen LogP) is 5.32. The Kier molecular flexibility index (Phi) is 6.83. The highest BCUT2D eigenvalue weighted by Gasteiger charge is 2.23. The van der Waals surface area contributed by atoms with Gasteiger partial charge in [0.05, 0.1) is 26.8 Å². The molecule has 0 unspecified atom stereocenters. The molecule has 0 saturated carbocycles. The van der Waals surface area contributed by atoms with E-state index < -0.39 is 0 Å². The van der Waals surface area contributed by atoms with Crippen molar-refractivity contribution in [1.82, 2.24) is 4.57 Å². The number of fused-ring (bicyclic) bond motifs is 1. The van der Waals surface area contributed by atoms with Gasteiger partial charge in [-0.25, -0.2) is 0 Å². The first-order chi connectivity index (χ1) is 17.3. The molecule has 0 spiro atoms. The number of hydrogen-bond acceptors (Lipinski definition) is 6. The quantitative estimate of drug-likeness (QED) is 0.249. The lowest BCUT2D eigenvalue weighted by Crippen LogP contribution is -2.12. The Bertz CT molecular complexity index is 1440. The SMILES string of the molecule is C=C(C(=O)c1cc(OC)c(OC)c(OC)c1)c1cn(C(=O)c2ccc(N(C)C)cc2)c2ccccc12. The van der Waals surface area contributed by atoms with Gasteiger partial charge >= 0.3 is 0 Å². The molecule has 0 saturated heterocycles. The molecular weight excluding hydrogens is 456 g/mol. The normalized spacial score (nSPS) is 10.7. The zero-order chi connectivity index (χ0) is 26.0. The van der Waals surface area contributed by atoms with Gasteiger partial charge < -0.3 is 19.1 Å². The maximum absolute atomic E-state index is 13.5. The highest BCUT2D eigenvalue weighted by atomic mass is 16.5. The van der Waals surface area contributed by atoms with Crippen LogP contribution in [-0.2, 0) is 0 Å². The van der Waals surface area contributed by atoms with Gasteiger partial charge in [-0.15, -0.1) is 0 Å². The number of para-hydroxylation sites is 1. The van der Waals surface area contributed by atoms with E-state index in [1.165, 1.54) is 21.3 Å². The Morgan fingerprint density at radius 3 is 2.00 bits per heavy atom. The highest BCUT2D eigenvalue weighted by molar-refractivity contribution is 6.31. The number of rotatable bonds is 8. The van der Waals surface area contributed by atoms with Crippen LogP contribution in [0.2, 0.25) is 0 Å². The van der Waals surface area contributed by atoms with Gasteiger partial charge in [-0.2, -0.15) is 0 Å². The maximum atomic E-state index is 13.5. The molecule has 4 aromatic rings. The van der Waals surface area contributed by atoms with Crippen molar-refractivity contribution in [2.75, 3.05) is 40.3 Å². The number of allylic oxidation sites excluding steroid dienone is 1. The Labute approximate surface area is 210 Å². The van der Waals surface area contributed by atoms with E-state index in [0.717, 1.165) is 11.1 Å². The summed E-state index contributed by atoms with van der Waals surface area (Å²) in [5.41, 5.74) is 3.37. The van der Waals surface area contributed by atoms with Crippen molar-refractivity contribution in [2.24, 2.45) is 0 Å². The minimum absolute atomic E-state index is 0.198. The van der Waals surface area contributed by atoms with Crippen LogP contribution in [0.3, 0.4) is 0 Å². The number of anilines is 1. The van der Waals surface area contributed by atoms with Gasteiger partial charge in [0, 0.05) is 53.6 Å². The Hall–Kier alpha value is -4.52. The van der Waals surface area contributed by atoms with Crippen molar-refractivity contribution in [2.45, 2.75) is 0 Å². The first-order valence-electron chi connectivity index (χ1n) is 11.3. The summed E-state index contributed by atoms with van der Waals surface area (Å²) < 4.78 is 17.7. The van der Waals surface area contributed by atoms with Crippen LogP contribution in [0.1, 0.15) is 26.3 Å². The number of hydrogen-bond donors (Lipinski definition) is 0. The summed E-state index contributed by atoms with van der Waals surface area (Å²) in [6, 6.07) is 18.0. The second-order valence-electron chi connectivity index (χ2n) is 8.40. The van der Waals surface area contributed by atoms with Crippen LogP contribution < -0.4 is 19.1 Å². The molecular formula is C29H28N2O5. The molecule has 0 N–H and O–H groups in total. The fraction of sp³-hybridized carbons (Fsp3) is 0.172. The van der Waals surface area contributed by atoms with E-state index in [-0.39, 0.29) is 17.3 Å². The van der Waals surface area contributed by atoms with Crippen molar-refractivity contribution < 1.29 is 23.8 Å². The second-order valence-corrected chi connectivity index (χ2v) is 8.40. The fourth-order valence-corrected chi connectivity index (χ4v) is 4.14. The van der Waals surface area contributed by atoms with E-state index in [2.05, 4.69) is 6.58 Å². The molecule has 36 heavy (non-hydrogen) atoms. The number of ketones is 1.